The molecule has 1 unspecified atom stereocenters. The summed E-state index contributed by atoms with van der Waals surface area (Å²) in [6.07, 6.45) is 1.94. The van der Waals surface area contributed by atoms with Crippen LogP contribution < -0.4 is 10.2 Å². The fraction of sp³-hybridized carbons (Fsp3) is 0.733. The molecule has 1 atom stereocenters. The van der Waals surface area contributed by atoms with E-state index in [2.05, 4.69) is 68.8 Å². The Hall–Kier alpha value is -1.16. The standard InChI is InChI=1S/C15H28N4/c1-10(2)13(6)19(7)15-17-9-14(12(5)18-15)8-16-11(3)4/h9-11,13,16H,8H2,1-7H3. The average molecular weight is 264 g/mol. The van der Waals surface area contributed by atoms with Crippen molar-refractivity contribution in [3.05, 3.63) is 17.5 Å². The normalized spacial score (nSPS) is 13.1. The number of aromatic nitrogens is 2. The van der Waals surface area contributed by atoms with E-state index in [1.165, 1.54) is 5.56 Å². The van der Waals surface area contributed by atoms with E-state index in [0.29, 0.717) is 18.0 Å². The summed E-state index contributed by atoms with van der Waals surface area (Å²) in [5, 5.41) is 3.40. The van der Waals surface area contributed by atoms with Gasteiger partial charge in [0.05, 0.1) is 0 Å². The highest BCUT2D eigenvalue weighted by atomic mass is 15.2. The van der Waals surface area contributed by atoms with Gasteiger partial charge in [-0.05, 0) is 19.8 Å². The molecular weight excluding hydrogens is 236 g/mol. The fourth-order valence-corrected chi connectivity index (χ4v) is 1.77. The Morgan fingerprint density at radius 3 is 2.32 bits per heavy atom. The van der Waals surface area contributed by atoms with Crippen molar-refractivity contribution in [3.8, 4) is 0 Å². The number of aryl methyl sites for hydroxylation is 1. The summed E-state index contributed by atoms with van der Waals surface area (Å²) in [4.78, 5) is 11.3. The number of nitrogens with zero attached hydrogens (tertiary/aromatic N) is 3. The third kappa shape index (κ3) is 4.46. The molecule has 1 aromatic heterocycles. The van der Waals surface area contributed by atoms with Gasteiger partial charge in [-0.3, -0.25) is 0 Å². The van der Waals surface area contributed by atoms with Gasteiger partial charge >= 0.3 is 0 Å². The van der Waals surface area contributed by atoms with Gasteiger partial charge in [0.15, 0.2) is 0 Å². The number of hydrogen-bond acceptors (Lipinski definition) is 4. The van der Waals surface area contributed by atoms with Crippen molar-refractivity contribution in [2.75, 3.05) is 11.9 Å². The molecule has 0 aliphatic carbocycles. The molecule has 0 amide bonds. The van der Waals surface area contributed by atoms with Crippen molar-refractivity contribution < 1.29 is 0 Å². The van der Waals surface area contributed by atoms with Crippen LogP contribution >= 0.6 is 0 Å². The van der Waals surface area contributed by atoms with Gasteiger partial charge in [-0.1, -0.05) is 27.7 Å². The van der Waals surface area contributed by atoms with Crippen LogP contribution in [0.25, 0.3) is 0 Å². The van der Waals surface area contributed by atoms with Crippen LogP contribution in [0.15, 0.2) is 6.20 Å². The van der Waals surface area contributed by atoms with Gasteiger partial charge in [-0.15, -0.1) is 0 Å². The quantitative estimate of drug-likeness (QED) is 0.858. The number of rotatable bonds is 6. The summed E-state index contributed by atoms with van der Waals surface area (Å²) in [6.45, 7) is 13.8. The molecule has 0 bridgehead atoms. The molecule has 108 valence electrons. The summed E-state index contributed by atoms with van der Waals surface area (Å²) in [6, 6.07) is 0.904. The van der Waals surface area contributed by atoms with Crippen molar-refractivity contribution in [1.29, 1.82) is 0 Å². The molecular formula is C15H28N4. The second kappa shape index (κ2) is 6.85. The lowest BCUT2D eigenvalue weighted by Gasteiger charge is -2.28. The van der Waals surface area contributed by atoms with Crippen molar-refractivity contribution >= 4 is 5.95 Å². The molecule has 0 radical (unpaired) electrons. The number of hydrogen-bond donors (Lipinski definition) is 1. The van der Waals surface area contributed by atoms with E-state index in [1.54, 1.807) is 0 Å². The first-order valence-corrected chi connectivity index (χ1v) is 7.11. The summed E-state index contributed by atoms with van der Waals surface area (Å²) in [7, 11) is 2.06. The molecule has 0 fully saturated rings. The first-order valence-electron chi connectivity index (χ1n) is 7.11. The van der Waals surface area contributed by atoms with Crippen molar-refractivity contribution in [2.24, 2.45) is 5.92 Å². The monoisotopic (exact) mass is 264 g/mol. The maximum Gasteiger partial charge on any atom is 0.225 e. The maximum absolute atomic E-state index is 4.63. The van der Waals surface area contributed by atoms with Crippen molar-refractivity contribution in [2.45, 2.75) is 60.2 Å². The Bertz CT molecular complexity index is 401. The van der Waals surface area contributed by atoms with Crippen LogP contribution in [-0.2, 0) is 6.54 Å². The molecule has 0 aromatic carbocycles. The smallest absolute Gasteiger partial charge is 0.225 e. The third-order valence-electron chi connectivity index (χ3n) is 3.66. The van der Waals surface area contributed by atoms with E-state index in [-0.39, 0.29) is 0 Å². The van der Waals surface area contributed by atoms with Gasteiger partial charge in [-0.25, -0.2) is 9.97 Å². The number of nitrogens with one attached hydrogen (secondary N) is 1. The van der Waals surface area contributed by atoms with Crippen LogP contribution in [-0.4, -0.2) is 29.1 Å². The highest BCUT2D eigenvalue weighted by Gasteiger charge is 2.16. The van der Waals surface area contributed by atoms with E-state index < -0.39 is 0 Å². The second-order valence-electron chi connectivity index (χ2n) is 5.91. The lowest BCUT2D eigenvalue weighted by Crippen LogP contribution is -2.34. The van der Waals surface area contributed by atoms with Crippen molar-refractivity contribution in [1.82, 2.24) is 15.3 Å². The van der Waals surface area contributed by atoms with E-state index in [0.717, 1.165) is 18.2 Å². The SMILES string of the molecule is Cc1nc(N(C)C(C)C(C)C)ncc1CNC(C)C. The number of anilines is 1. The van der Waals surface area contributed by atoms with Gasteiger partial charge in [0.25, 0.3) is 0 Å². The summed E-state index contributed by atoms with van der Waals surface area (Å²) in [5.41, 5.74) is 2.23. The van der Waals surface area contributed by atoms with Gasteiger partial charge in [-0.2, -0.15) is 0 Å². The molecule has 0 spiro atoms. The Labute approximate surface area is 117 Å². The molecule has 0 aliphatic rings. The van der Waals surface area contributed by atoms with Gasteiger partial charge < -0.3 is 10.2 Å². The van der Waals surface area contributed by atoms with Crippen LogP contribution in [0.2, 0.25) is 0 Å². The van der Waals surface area contributed by atoms with Gasteiger partial charge in [0.2, 0.25) is 5.95 Å². The van der Waals surface area contributed by atoms with E-state index in [1.807, 2.05) is 6.20 Å². The lowest BCUT2D eigenvalue weighted by atomic mass is 10.1. The van der Waals surface area contributed by atoms with Crippen LogP contribution in [0.4, 0.5) is 5.95 Å². The van der Waals surface area contributed by atoms with Crippen LogP contribution in [0.3, 0.4) is 0 Å². The Morgan fingerprint density at radius 1 is 1.21 bits per heavy atom. The molecule has 4 nitrogen and oxygen atoms in total. The molecule has 1 heterocycles. The molecule has 1 aromatic rings. The largest absolute Gasteiger partial charge is 0.341 e. The molecule has 1 rings (SSSR count). The van der Waals surface area contributed by atoms with Crippen molar-refractivity contribution in [3.63, 3.8) is 0 Å². The highest BCUT2D eigenvalue weighted by molar-refractivity contribution is 5.33. The molecule has 0 aliphatic heterocycles. The topological polar surface area (TPSA) is 41.1 Å². The third-order valence-corrected chi connectivity index (χ3v) is 3.66. The minimum Gasteiger partial charge on any atom is -0.341 e. The Kier molecular flexibility index (Phi) is 5.73. The van der Waals surface area contributed by atoms with E-state index >= 15 is 0 Å². The predicted molar refractivity (Wildman–Crippen MR) is 81.4 cm³/mol. The predicted octanol–water partition coefficient (Wildman–Crippen LogP) is 2.76. The zero-order chi connectivity index (χ0) is 14.6. The fourth-order valence-electron chi connectivity index (χ4n) is 1.77. The first kappa shape index (κ1) is 15.9. The zero-order valence-corrected chi connectivity index (χ0v) is 13.4. The van der Waals surface area contributed by atoms with Crippen LogP contribution in [0.1, 0.15) is 45.9 Å². The van der Waals surface area contributed by atoms with Gasteiger partial charge in [0, 0.05) is 43.1 Å². The average Bonchev–Trinajstić information content (AvgIpc) is 2.35. The lowest BCUT2D eigenvalue weighted by molar-refractivity contribution is 0.498. The molecule has 0 saturated carbocycles. The summed E-state index contributed by atoms with van der Waals surface area (Å²) in [5.74, 6) is 1.39. The second-order valence-corrected chi connectivity index (χ2v) is 5.91. The molecule has 19 heavy (non-hydrogen) atoms. The minimum absolute atomic E-state index is 0.430. The highest BCUT2D eigenvalue weighted by Crippen LogP contribution is 2.16. The van der Waals surface area contributed by atoms with E-state index in [4.69, 9.17) is 0 Å². The van der Waals surface area contributed by atoms with Crippen LogP contribution in [0, 0.1) is 12.8 Å². The Morgan fingerprint density at radius 2 is 1.84 bits per heavy atom. The molecule has 1 N–H and O–H groups in total. The first-order chi connectivity index (χ1) is 8.82. The summed E-state index contributed by atoms with van der Waals surface area (Å²) >= 11 is 0. The molecule has 0 saturated heterocycles. The maximum atomic E-state index is 4.63. The summed E-state index contributed by atoms with van der Waals surface area (Å²) < 4.78 is 0. The Balaban J connectivity index is 2.81. The zero-order valence-electron chi connectivity index (χ0n) is 13.4. The van der Waals surface area contributed by atoms with E-state index in [9.17, 15) is 0 Å². The van der Waals surface area contributed by atoms with Crippen LogP contribution in [0.5, 0.6) is 0 Å². The molecule has 4 heteroatoms. The minimum atomic E-state index is 0.430. The van der Waals surface area contributed by atoms with Gasteiger partial charge in [0.1, 0.15) is 0 Å².